The Bertz CT molecular complexity index is 950. The molecule has 0 saturated carbocycles. The Morgan fingerprint density at radius 3 is 1.39 bits per heavy atom. The Kier molecular flexibility index (Phi) is 41.8. The van der Waals surface area contributed by atoms with E-state index in [9.17, 15) is 9.59 Å². The molecule has 0 aromatic heterocycles. The lowest BCUT2D eigenvalue weighted by atomic mass is 10.0. The van der Waals surface area contributed by atoms with E-state index < -0.39 is 0 Å². The first-order valence-electron chi connectivity index (χ1n) is 24.6. The third-order valence-corrected chi connectivity index (χ3v) is 11.3. The zero-order valence-corrected chi connectivity index (χ0v) is 38.6. The van der Waals surface area contributed by atoms with E-state index in [1.54, 1.807) is 0 Å². The van der Waals surface area contributed by atoms with Crippen LogP contribution in [0.15, 0.2) is 4.99 Å². The highest BCUT2D eigenvalue weighted by atomic mass is 16.5. The third kappa shape index (κ3) is 39.1. The summed E-state index contributed by atoms with van der Waals surface area (Å²) in [6, 6.07) is 0. The molecule has 0 unspecified atom stereocenters. The second-order valence-electron chi connectivity index (χ2n) is 17.1. The van der Waals surface area contributed by atoms with Crippen LogP contribution < -0.4 is 0 Å². The number of rotatable bonds is 43. The number of carbonyl (C=O) groups is 2. The molecule has 8 nitrogen and oxygen atoms in total. The van der Waals surface area contributed by atoms with E-state index in [1.165, 1.54) is 122 Å². The summed E-state index contributed by atoms with van der Waals surface area (Å²) in [5.74, 6) is 0.822. The maximum Gasteiger partial charge on any atom is 0.306 e. The predicted octanol–water partition coefficient (Wildman–Crippen LogP) is 13.9. The molecule has 0 saturated heterocycles. The SMILES string of the molecule is CCCCCCCCCOC(=O)CCCCCCCN(CCCCCCCC(=O)OC(CCCCCCCC)CCCCCCCC)CCCC(=NC#N)N(C)C. The minimum Gasteiger partial charge on any atom is -0.466 e. The summed E-state index contributed by atoms with van der Waals surface area (Å²) in [6.45, 7) is 10.5. The van der Waals surface area contributed by atoms with Crippen molar-refractivity contribution >= 4 is 17.8 Å². The summed E-state index contributed by atoms with van der Waals surface area (Å²) in [7, 11) is 3.91. The highest BCUT2D eigenvalue weighted by Crippen LogP contribution is 2.19. The Labute approximate surface area is 354 Å². The van der Waals surface area contributed by atoms with E-state index in [0.29, 0.717) is 19.4 Å². The standard InChI is InChI=1S/C49H94N4O4/c1-6-9-12-15-18-27-34-44-56-48(54)39-30-23-19-25-32-41-53(43-35-38-47(51-45-50)52(4)5)42-33-26-20-24-31-40-49(55)57-46(36-28-21-16-13-10-7-2)37-29-22-17-14-11-8-3/h46H,6-44H2,1-5H3. The van der Waals surface area contributed by atoms with Gasteiger partial charge in [0.05, 0.1) is 6.61 Å². The summed E-state index contributed by atoms with van der Waals surface area (Å²) in [4.78, 5) is 33.5. The molecule has 334 valence electrons. The van der Waals surface area contributed by atoms with E-state index in [1.807, 2.05) is 25.2 Å². The molecule has 0 heterocycles. The van der Waals surface area contributed by atoms with Crippen molar-refractivity contribution < 1.29 is 19.1 Å². The summed E-state index contributed by atoms with van der Waals surface area (Å²) >= 11 is 0. The number of ether oxygens (including phenoxy) is 2. The maximum absolute atomic E-state index is 12.8. The molecule has 8 heteroatoms. The molecule has 0 radical (unpaired) electrons. The molecule has 0 rings (SSSR count). The van der Waals surface area contributed by atoms with Crippen LogP contribution in [0.5, 0.6) is 0 Å². The van der Waals surface area contributed by atoms with Crippen molar-refractivity contribution in [2.24, 2.45) is 4.99 Å². The van der Waals surface area contributed by atoms with Gasteiger partial charge in [0.2, 0.25) is 6.19 Å². The van der Waals surface area contributed by atoms with Gasteiger partial charge in [0, 0.05) is 33.4 Å². The molecule has 0 aliphatic carbocycles. The van der Waals surface area contributed by atoms with Crippen molar-refractivity contribution in [3.63, 3.8) is 0 Å². The lowest BCUT2D eigenvalue weighted by Gasteiger charge is -2.23. The van der Waals surface area contributed by atoms with Gasteiger partial charge in [0.15, 0.2) is 0 Å². The van der Waals surface area contributed by atoms with Gasteiger partial charge in [-0.25, -0.2) is 0 Å². The van der Waals surface area contributed by atoms with Crippen LogP contribution in [-0.4, -0.2) is 74.0 Å². The van der Waals surface area contributed by atoms with Crippen LogP contribution in [0, 0.1) is 11.5 Å². The predicted molar refractivity (Wildman–Crippen MR) is 243 cm³/mol. The van der Waals surface area contributed by atoms with Crippen LogP contribution in [-0.2, 0) is 19.1 Å². The van der Waals surface area contributed by atoms with Crippen LogP contribution in [0.2, 0.25) is 0 Å². The molecule has 57 heavy (non-hydrogen) atoms. The molecule has 0 amide bonds. The van der Waals surface area contributed by atoms with Gasteiger partial charge in [-0.15, -0.1) is 0 Å². The Morgan fingerprint density at radius 2 is 0.912 bits per heavy atom. The lowest BCUT2D eigenvalue weighted by molar-refractivity contribution is -0.150. The van der Waals surface area contributed by atoms with Crippen molar-refractivity contribution in [3.8, 4) is 6.19 Å². The van der Waals surface area contributed by atoms with Gasteiger partial charge in [-0.05, 0) is 83.8 Å². The number of hydrogen-bond donors (Lipinski definition) is 0. The molecule has 0 fully saturated rings. The van der Waals surface area contributed by atoms with Gasteiger partial charge < -0.3 is 19.3 Å². The number of unbranched alkanes of at least 4 members (excludes halogenated alkanes) is 24. The number of carbonyl (C=O) groups excluding carboxylic acids is 2. The zero-order chi connectivity index (χ0) is 41.9. The van der Waals surface area contributed by atoms with E-state index in [4.69, 9.17) is 14.7 Å². The summed E-state index contributed by atoms with van der Waals surface area (Å²) in [5.41, 5.74) is 0. The number of amidine groups is 1. The van der Waals surface area contributed by atoms with Crippen LogP contribution >= 0.6 is 0 Å². The van der Waals surface area contributed by atoms with Crippen molar-refractivity contribution in [3.05, 3.63) is 0 Å². The lowest BCUT2D eigenvalue weighted by Crippen LogP contribution is -2.29. The fourth-order valence-corrected chi connectivity index (χ4v) is 7.63. The van der Waals surface area contributed by atoms with E-state index >= 15 is 0 Å². The van der Waals surface area contributed by atoms with Crippen molar-refractivity contribution in [1.82, 2.24) is 9.80 Å². The first kappa shape index (κ1) is 54.9. The highest BCUT2D eigenvalue weighted by Gasteiger charge is 2.15. The number of aliphatic imine (C=N–C) groups is 1. The fourth-order valence-electron chi connectivity index (χ4n) is 7.63. The number of esters is 2. The molecule has 0 aromatic carbocycles. The summed E-state index contributed by atoms with van der Waals surface area (Å²) < 4.78 is 11.5. The normalized spacial score (nSPS) is 11.7. The van der Waals surface area contributed by atoms with Crippen molar-refractivity contribution in [1.29, 1.82) is 5.26 Å². The van der Waals surface area contributed by atoms with Gasteiger partial charge in [0.25, 0.3) is 0 Å². The largest absolute Gasteiger partial charge is 0.466 e. The minimum atomic E-state index is -0.0321. The van der Waals surface area contributed by atoms with Crippen LogP contribution in [0.1, 0.15) is 245 Å². The first-order chi connectivity index (χ1) is 27.9. The third-order valence-electron chi connectivity index (χ3n) is 11.3. The molecular weight excluding hydrogens is 709 g/mol. The van der Waals surface area contributed by atoms with Gasteiger partial charge in [-0.1, -0.05) is 162 Å². The zero-order valence-electron chi connectivity index (χ0n) is 38.6. The minimum absolute atomic E-state index is 0.0129. The highest BCUT2D eigenvalue weighted by molar-refractivity contribution is 5.82. The topological polar surface area (TPSA) is 95.2 Å². The Morgan fingerprint density at radius 1 is 0.509 bits per heavy atom. The van der Waals surface area contributed by atoms with Crippen LogP contribution in [0.25, 0.3) is 0 Å². The molecular formula is C49H94N4O4. The van der Waals surface area contributed by atoms with E-state index in [2.05, 4.69) is 30.7 Å². The molecule has 0 aliphatic heterocycles. The maximum atomic E-state index is 12.8. The summed E-state index contributed by atoms with van der Waals surface area (Å²) in [6.07, 6.45) is 42.0. The van der Waals surface area contributed by atoms with Gasteiger partial charge >= 0.3 is 11.9 Å². The molecule has 0 bridgehead atoms. The molecule has 0 aliphatic rings. The second-order valence-corrected chi connectivity index (χ2v) is 17.1. The van der Waals surface area contributed by atoms with E-state index in [-0.39, 0.29) is 18.0 Å². The first-order valence-corrected chi connectivity index (χ1v) is 24.6. The second kappa shape index (κ2) is 43.4. The van der Waals surface area contributed by atoms with Gasteiger partial charge in [-0.2, -0.15) is 10.3 Å². The Hall–Kier alpha value is -2.14. The fraction of sp³-hybridized carbons (Fsp3) is 0.918. The monoisotopic (exact) mass is 803 g/mol. The molecule has 0 spiro atoms. The van der Waals surface area contributed by atoms with Gasteiger partial charge in [0.1, 0.15) is 11.9 Å². The average Bonchev–Trinajstić information content (AvgIpc) is 3.19. The average molecular weight is 803 g/mol. The quantitative estimate of drug-likeness (QED) is 0.0199. The van der Waals surface area contributed by atoms with Gasteiger partial charge in [-0.3, -0.25) is 9.59 Å². The molecule has 0 N–H and O–H groups in total. The number of hydrogen-bond acceptors (Lipinski definition) is 7. The smallest absolute Gasteiger partial charge is 0.306 e. The molecule has 0 aromatic rings. The number of nitriles is 1. The van der Waals surface area contributed by atoms with E-state index in [0.717, 1.165) is 115 Å². The van der Waals surface area contributed by atoms with Crippen molar-refractivity contribution in [2.45, 2.75) is 252 Å². The van der Waals surface area contributed by atoms with Crippen molar-refractivity contribution in [2.75, 3.05) is 40.3 Å². The Balaban J connectivity index is 4.46. The number of nitrogens with zero attached hydrogens (tertiary/aromatic N) is 4. The van der Waals surface area contributed by atoms with Crippen LogP contribution in [0.4, 0.5) is 0 Å². The van der Waals surface area contributed by atoms with Crippen LogP contribution in [0.3, 0.4) is 0 Å². The summed E-state index contributed by atoms with van der Waals surface area (Å²) in [5, 5.41) is 9.09. The molecule has 0 atom stereocenters.